The van der Waals surface area contributed by atoms with Crippen molar-refractivity contribution in [1.29, 1.82) is 0 Å². The van der Waals surface area contributed by atoms with Crippen LogP contribution in [0.1, 0.15) is 24.6 Å². The molecule has 4 rings (SSSR count). The lowest BCUT2D eigenvalue weighted by atomic mass is 9.97. The second kappa shape index (κ2) is 5.79. The number of rotatable bonds is 2. The van der Waals surface area contributed by atoms with E-state index in [1.54, 1.807) is 0 Å². The zero-order chi connectivity index (χ0) is 15.8. The molecule has 0 aliphatic carbocycles. The normalized spacial score (nSPS) is 16.0. The molecule has 2 aromatic heterocycles. The lowest BCUT2D eigenvalue weighted by Crippen LogP contribution is -2.29. The molecule has 0 spiro atoms. The second-order valence-electron chi connectivity index (χ2n) is 5.74. The lowest BCUT2D eigenvalue weighted by molar-refractivity contribution is 0.444. The molecule has 7 heteroatoms. The van der Waals surface area contributed by atoms with Crippen molar-refractivity contribution < 1.29 is 0 Å². The minimum Gasteiger partial charge on any atom is -0.338 e. The number of aromatic nitrogens is 4. The van der Waals surface area contributed by atoms with Crippen molar-refractivity contribution in [2.24, 2.45) is 0 Å². The summed E-state index contributed by atoms with van der Waals surface area (Å²) in [7, 11) is 0. The van der Waals surface area contributed by atoms with Crippen molar-refractivity contribution in [2.75, 3.05) is 13.1 Å². The van der Waals surface area contributed by atoms with Crippen LogP contribution in [-0.2, 0) is 0 Å². The van der Waals surface area contributed by atoms with Crippen molar-refractivity contribution in [2.45, 2.75) is 18.8 Å². The maximum atomic E-state index is 12.5. The van der Waals surface area contributed by atoms with Gasteiger partial charge in [0.15, 0.2) is 0 Å². The van der Waals surface area contributed by atoms with Crippen LogP contribution in [0.3, 0.4) is 0 Å². The third-order valence-corrected chi connectivity index (χ3v) is 4.52. The van der Waals surface area contributed by atoms with Crippen LogP contribution in [0.4, 0.5) is 0 Å². The third-order valence-electron chi connectivity index (χ3n) is 4.25. The molecule has 3 heterocycles. The number of hydrogen-bond acceptors (Lipinski definition) is 4. The Labute approximate surface area is 137 Å². The van der Waals surface area contributed by atoms with Gasteiger partial charge >= 0.3 is 0 Å². The first kappa shape index (κ1) is 14.4. The summed E-state index contributed by atoms with van der Waals surface area (Å²) in [5.41, 5.74) is 1.69. The largest absolute Gasteiger partial charge is 0.338 e. The van der Waals surface area contributed by atoms with Gasteiger partial charge in [-0.05, 0) is 38.1 Å². The molecule has 118 valence electrons. The smallest absolute Gasteiger partial charge is 0.263 e. The Kier molecular flexibility index (Phi) is 3.63. The summed E-state index contributed by atoms with van der Waals surface area (Å²) in [4.78, 5) is 27.4. The molecule has 23 heavy (non-hydrogen) atoms. The van der Waals surface area contributed by atoms with Crippen LogP contribution in [-0.4, -0.2) is 33.0 Å². The minimum atomic E-state index is -0.252. The molecule has 0 unspecified atom stereocenters. The summed E-state index contributed by atoms with van der Waals surface area (Å²) in [6, 6.07) is 7.60. The predicted octanol–water partition coefficient (Wildman–Crippen LogP) is 2.43. The summed E-state index contributed by atoms with van der Waals surface area (Å²) in [6.07, 6.45) is 1.90. The Morgan fingerprint density at radius 1 is 1.09 bits per heavy atom. The van der Waals surface area contributed by atoms with E-state index in [1.165, 1.54) is 0 Å². The molecule has 0 atom stereocenters. The SMILES string of the molecule is O=c1[nH]c(C2CCNCC2)nc(Cl)c1-c1nc2ccccc2[nH]1. The van der Waals surface area contributed by atoms with Gasteiger partial charge in [-0.3, -0.25) is 4.79 Å². The number of H-pyrrole nitrogens is 2. The van der Waals surface area contributed by atoms with E-state index in [0.29, 0.717) is 17.2 Å². The van der Waals surface area contributed by atoms with Gasteiger partial charge in [0.2, 0.25) is 0 Å². The highest BCUT2D eigenvalue weighted by Gasteiger charge is 2.21. The van der Waals surface area contributed by atoms with E-state index in [-0.39, 0.29) is 16.6 Å². The average molecular weight is 330 g/mol. The fraction of sp³-hybridized carbons (Fsp3) is 0.312. The van der Waals surface area contributed by atoms with Crippen molar-refractivity contribution in [3.63, 3.8) is 0 Å². The van der Waals surface area contributed by atoms with Gasteiger partial charge in [-0.2, -0.15) is 0 Å². The predicted molar refractivity (Wildman–Crippen MR) is 89.8 cm³/mol. The first-order valence-corrected chi connectivity index (χ1v) is 8.06. The number of nitrogens with one attached hydrogen (secondary N) is 3. The molecular formula is C16H16ClN5O. The van der Waals surface area contributed by atoms with Crippen molar-refractivity contribution in [1.82, 2.24) is 25.3 Å². The van der Waals surface area contributed by atoms with Crippen molar-refractivity contribution >= 4 is 22.6 Å². The Morgan fingerprint density at radius 2 is 1.87 bits per heavy atom. The van der Waals surface area contributed by atoms with Gasteiger partial charge in [0.1, 0.15) is 22.4 Å². The first-order valence-electron chi connectivity index (χ1n) is 7.68. The maximum absolute atomic E-state index is 12.5. The molecule has 1 aromatic carbocycles. The van der Waals surface area contributed by atoms with Crippen molar-refractivity contribution in [3.8, 4) is 11.4 Å². The van der Waals surface area contributed by atoms with E-state index < -0.39 is 0 Å². The maximum Gasteiger partial charge on any atom is 0.263 e. The zero-order valence-electron chi connectivity index (χ0n) is 12.4. The highest BCUT2D eigenvalue weighted by Crippen LogP contribution is 2.26. The summed E-state index contributed by atoms with van der Waals surface area (Å²) in [6.45, 7) is 1.86. The number of para-hydroxylation sites is 2. The van der Waals surface area contributed by atoms with Crippen molar-refractivity contribution in [3.05, 3.63) is 45.6 Å². The number of imidazole rings is 1. The molecule has 3 N–H and O–H groups in total. The number of nitrogens with zero attached hydrogens (tertiary/aromatic N) is 2. The Hall–Kier alpha value is -2.18. The van der Waals surface area contributed by atoms with Gasteiger partial charge in [-0.25, -0.2) is 9.97 Å². The highest BCUT2D eigenvalue weighted by molar-refractivity contribution is 6.31. The monoisotopic (exact) mass is 329 g/mol. The van der Waals surface area contributed by atoms with E-state index in [4.69, 9.17) is 11.6 Å². The molecule has 1 aliphatic heterocycles. The van der Waals surface area contributed by atoms with Crippen LogP contribution in [0.2, 0.25) is 5.15 Å². The number of hydrogen-bond donors (Lipinski definition) is 3. The van der Waals surface area contributed by atoms with Crippen LogP contribution < -0.4 is 10.9 Å². The van der Waals surface area contributed by atoms with Gasteiger partial charge in [0.25, 0.3) is 5.56 Å². The molecule has 0 bridgehead atoms. The van der Waals surface area contributed by atoms with Crippen LogP contribution in [0.5, 0.6) is 0 Å². The summed E-state index contributed by atoms with van der Waals surface area (Å²) in [5, 5.41) is 3.49. The molecule has 0 radical (unpaired) electrons. The third kappa shape index (κ3) is 2.64. The molecule has 6 nitrogen and oxygen atoms in total. The van der Waals surface area contributed by atoms with E-state index in [9.17, 15) is 4.79 Å². The van der Waals surface area contributed by atoms with Gasteiger partial charge in [0, 0.05) is 5.92 Å². The Balaban J connectivity index is 1.78. The fourth-order valence-electron chi connectivity index (χ4n) is 3.03. The standard InChI is InChI=1S/C16H16ClN5O/c17-13-12(15-19-10-3-1-2-4-11(10)20-15)16(23)22-14(21-13)9-5-7-18-8-6-9/h1-4,9,18H,5-8H2,(H,19,20)(H,21,22,23). The van der Waals surface area contributed by atoms with Gasteiger partial charge < -0.3 is 15.3 Å². The average Bonchev–Trinajstić information content (AvgIpc) is 2.98. The van der Waals surface area contributed by atoms with Crippen LogP contribution in [0, 0.1) is 0 Å². The van der Waals surface area contributed by atoms with Crippen LogP contribution in [0.25, 0.3) is 22.4 Å². The van der Waals surface area contributed by atoms with Crippen LogP contribution >= 0.6 is 11.6 Å². The summed E-state index contributed by atoms with van der Waals surface area (Å²) < 4.78 is 0. The topological polar surface area (TPSA) is 86.5 Å². The number of benzene rings is 1. The fourth-order valence-corrected chi connectivity index (χ4v) is 3.29. The van der Waals surface area contributed by atoms with E-state index >= 15 is 0 Å². The Morgan fingerprint density at radius 3 is 2.61 bits per heavy atom. The lowest BCUT2D eigenvalue weighted by Gasteiger charge is -2.21. The van der Waals surface area contributed by atoms with Gasteiger partial charge in [-0.15, -0.1) is 0 Å². The van der Waals surface area contributed by atoms with E-state index in [0.717, 1.165) is 37.0 Å². The molecule has 1 saturated heterocycles. The molecule has 3 aromatic rings. The van der Waals surface area contributed by atoms with Gasteiger partial charge in [-0.1, -0.05) is 23.7 Å². The minimum absolute atomic E-state index is 0.196. The first-order chi connectivity index (χ1) is 11.2. The number of piperidine rings is 1. The second-order valence-corrected chi connectivity index (χ2v) is 6.10. The number of halogens is 1. The summed E-state index contributed by atoms with van der Waals surface area (Å²) >= 11 is 6.31. The number of fused-ring (bicyclic) bond motifs is 1. The van der Waals surface area contributed by atoms with Gasteiger partial charge in [0.05, 0.1) is 11.0 Å². The molecule has 0 saturated carbocycles. The molecule has 1 fully saturated rings. The van der Waals surface area contributed by atoms with Crippen LogP contribution in [0.15, 0.2) is 29.1 Å². The Bertz CT molecular complexity index is 877. The van der Waals surface area contributed by atoms with E-state index in [1.807, 2.05) is 24.3 Å². The number of aromatic amines is 2. The molecular weight excluding hydrogens is 314 g/mol. The summed E-state index contributed by atoms with van der Waals surface area (Å²) in [5.74, 6) is 1.36. The molecule has 1 aliphatic rings. The van der Waals surface area contributed by atoms with E-state index in [2.05, 4.69) is 25.3 Å². The molecule has 0 amide bonds. The zero-order valence-corrected chi connectivity index (χ0v) is 13.2. The highest BCUT2D eigenvalue weighted by atomic mass is 35.5. The quantitative estimate of drug-likeness (QED) is 0.630.